The van der Waals surface area contributed by atoms with Crippen LogP contribution in [0.5, 0.6) is 0 Å². The third-order valence-corrected chi connectivity index (χ3v) is 6.19. The number of nitrogens with one attached hydrogen (secondary N) is 2. The summed E-state index contributed by atoms with van der Waals surface area (Å²) >= 11 is 0. The van der Waals surface area contributed by atoms with Gasteiger partial charge in [0.15, 0.2) is 0 Å². The van der Waals surface area contributed by atoms with Gasteiger partial charge in [-0.1, -0.05) is 29.8 Å². The van der Waals surface area contributed by atoms with Gasteiger partial charge < -0.3 is 15.4 Å². The molecule has 1 aromatic carbocycles. The largest absolute Gasteiger partial charge is 0.381 e. The molecule has 0 saturated carbocycles. The van der Waals surface area contributed by atoms with Crippen LogP contribution in [-0.2, 0) is 14.9 Å². The number of carbonyl (C=O) groups is 1. The molecule has 1 aromatic rings. The highest BCUT2D eigenvalue weighted by Crippen LogP contribution is 2.36. The Bertz CT molecular complexity index is 580. The van der Waals surface area contributed by atoms with Crippen LogP contribution < -0.4 is 10.6 Å². The number of hydrogen-bond acceptors (Lipinski definition) is 3. The van der Waals surface area contributed by atoms with Gasteiger partial charge in [-0.3, -0.25) is 4.79 Å². The summed E-state index contributed by atoms with van der Waals surface area (Å²) in [7, 11) is 0. The Hall–Kier alpha value is -1.39. The highest BCUT2D eigenvalue weighted by Gasteiger charge is 2.43. The van der Waals surface area contributed by atoms with Gasteiger partial charge in [-0.25, -0.2) is 0 Å². The van der Waals surface area contributed by atoms with Gasteiger partial charge in [0.25, 0.3) is 0 Å². The molecule has 2 atom stereocenters. The first-order valence-corrected chi connectivity index (χ1v) is 9.38. The zero-order chi connectivity index (χ0) is 16.6. The van der Waals surface area contributed by atoms with Crippen molar-refractivity contribution in [2.45, 2.75) is 69.0 Å². The fraction of sp³-hybridized carbons (Fsp3) is 0.650. The number of carbonyl (C=O) groups excluding carboxylic acids is 1. The van der Waals surface area contributed by atoms with Gasteiger partial charge in [-0.05, 0) is 51.0 Å². The topological polar surface area (TPSA) is 50.4 Å². The molecule has 4 heteroatoms. The van der Waals surface area contributed by atoms with E-state index in [1.807, 2.05) is 0 Å². The van der Waals surface area contributed by atoms with Crippen molar-refractivity contribution in [3.63, 3.8) is 0 Å². The van der Waals surface area contributed by atoms with Crippen molar-refractivity contribution >= 4 is 5.91 Å². The fourth-order valence-electron chi connectivity index (χ4n) is 4.74. The van der Waals surface area contributed by atoms with E-state index in [2.05, 4.69) is 41.8 Å². The molecule has 0 spiro atoms. The summed E-state index contributed by atoms with van der Waals surface area (Å²) in [5.41, 5.74) is 1.96. The predicted molar refractivity (Wildman–Crippen MR) is 94.0 cm³/mol. The monoisotopic (exact) mass is 328 g/mol. The Labute approximate surface area is 144 Å². The summed E-state index contributed by atoms with van der Waals surface area (Å²) in [5.74, 6) is 0.209. The highest BCUT2D eigenvalue weighted by atomic mass is 16.5. The molecular weight excluding hydrogens is 300 g/mol. The molecule has 0 radical (unpaired) electrons. The Morgan fingerprint density at radius 3 is 2.38 bits per heavy atom. The zero-order valence-electron chi connectivity index (χ0n) is 14.5. The van der Waals surface area contributed by atoms with Crippen molar-refractivity contribution in [2.24, 2.45) is 0 Å². The average molecular weight is 328 g/mol. The van der Waals surface area contributed by atoms with Crippen LogP contribution in [0.3, 0.4) is 0 Å². The quantitative estimate of drug-likeness (QED) is 0.896. The summed E-state index contributed by atoms with van der Waals surface area (Å²) < 4.78 is 5.56. The molecule has 24 heavy (non-hydrogen) atoms. The van der Waals surface area contributed by atoms with Crippen molar-refractivity contribution in [1.29, 1.82) is 0 Å². The van der Waals surface area contributed by atoms with E-state index in [1.165, 1.54) is 18.4 Å². The van der Waals surface area contributed by atoms with Crippen LogP contribution in [-0.4, -0.2) is 37.2 Å². The van der Waals surface area contributed by atoms with Gasteiger partial charge in [-0.2, -0.15) is 0 Å². The maximum atomic E-state index is 13.3. The smallest absolute Gasteiger partial charge is 0.231 e. The Balaban J connectivity index is 1.54. The third kappa shape index (κ3) is 2.98. The maximum Gasteiger partial charge on any atom is 0.231 e. The molecule has 4 nitrogen and oxygen atoms in total. The van der Waals surface area contributed by atoms with E-state index in [0.29, 0.717) is 31.3 Å². The lowest BCUT2D eigenvalue weighted by atomic mass is 9.73. The van der Waals surface area contributed by atoms with Crippen molar-refractivity contribution in [1.82, 2.24) is 10.6 Å². The average Bonchev–Trinajstić information content (AvgIpc) is 2.94. The molecule has 2 unspecified atom stereocenters. The Morgan fingerprint density at radius 1 is 1.12 bits per heavy atom. The van der Waals surface area contributed by atoms with Gasteiger partial charge >= 0.3 is 0 Å². The van der Waals surface area contributed by atoms with Crippen LogP contribution >= 0.6 is 0 Å². The molecule has 3 aliphatic heterocycles. The standard InChI is InChI=1S/C20H28N2O2/c1-14-2-4-15(5-3-14)20(8-10-24-11-9-20)19(23)22-18-12-16-6-7-17(13-18)21-16/h2-5,16-18,21H,6-13H2,1H3,(H,22,23). The first-order valence-electron chi connectivity index (χ1n) is 9.38. The molecule has 3 fully saturated rings. The summed E-state index contributed by atoms with van der Waals surface area (Å²) in [6.07, 6.45) is 6.22. The second-order valence-electron chi connectivity index (χ2n) is 7.84. The molecule has 3 aliphatic rings. The third-order valence-electron chi connectivity index (χ3n) is 6.19. The Morgan fingerprint density at radius 2 is 1.75 bits per heavy atom. The molecule has 3 saturated heterocycles. The molecule has 130 valence electrons. The molecule has 3 heterocycles. The van der Waals surface area contributed by atoms with E-state index in [9.17, 15) is 4.79 Å². The Kier molecular flexibility index (Phi) is 4.35. The minimum atomic E-state index is -0.421. The number of rotatable bonds is 3. The van der Waals surface area contributed by atoms with E-state index < -0.39 is 5.41 Å². The van der Waals surface area contributed by atoms with Crippen LogP contribution in [0.2, 0.25) is 0 Å². The summed E-state index contributed by atoms with van der Waals surface area (Å²) in [4.78, 5) is 13.3. The number of amides is 1. The molecular formula is C20H28N2O2. The van der Waals surface area contributed by atoms with Crippen LogP contribution in [0.15, 0.2) is 24.3 Å². The lowest BCUT2D eigenvalue weighted by Gasteiger charge is -2.39. The van der Waals surface area contributed by atoms with Gasteiger partial charge in [-0.15, -0.1) is 0 Å². The second-order valence-corrected chi connectivity index (χ2v) is 7.84. The number of benzene rings is 1. The van der Waals surface area contributed by atoms with Crippen LogP contribution in [0.4, 0.5) is 0 Å². The number of fused-ring (bicyclic) bond motifs is 2. The predicted octanol–water partition coefficient (Wildman–Crippen LogP) is 2.44. The van der Waals surface area contributed by atoms with Crippen molar-refractivity contribution in [2.75, 3.05) is 13.2 Å². The lowest BCUT2D eigenvalue weighted by molar-refractivity contribution is -0.131. The minimum absolute atomic E-state index is 0.209. The van der Waals surface area contributed by atoms with E-state index in [0.717, 1.165) is 31.2 Å². The number of aryl methyl sites for hydroxylation is 1. The lowest BCUT2D eigenvalue weighted by Crippen LogP contribution is -2.54. The number of piperidine rings is 1. The van der Waals surface area contributed by atoms with Crippen LogP contribution in [0.1, 0.15) is 49.7 Å². The normalized spacial score (nSPS) is 31.6. The SMILES string of the molecule is Cc1ccc(C2(C(=O)NC3CC4CCC(C3)N4)CCOCC2)cc1. The van der Waals surface area contributed by atoms with Gasteiger partial charge in [0, 0.05) is 31.3 Å². The van der Waals surface area contributed by atoms with Crippen molar-refractivity contribution < 1.29 is 9.53 Å². The van der Waals surface area contributed by atoms with E-state index >= 15 is 0 Å². The second kappa shape index (κ2) is 6.49. The fourth-order valence-corrected chi connectivity index (χ4v) is 4.74. The van der Waals surface area contributed by atoms with Crippen LogP contribution in [0.25, 0.3) is 0 Å². The summed E-state index contributed by atoms with van der Waals surface area (Å²) in [5, 5.41) is 7.06. The minimum Gasteiger partial charge on any atom is -0.381 e. The summed E-state index contributed by atoms with van der Waals surface area (Å²) in [6, 6.07) is 10.0. The zero-order valence-corrected chi connectivity index (χ0v) is 14.5. The number of ether oxygens (including phenoxy) is 1. The first kappa shape index (κ1) is 16.1. The molecule has 4 rings (SSSR count). The van der Waals surface area contributed by atoms with E-state index in [1.54, 1.807) is 0 Å². The maximum absolute atomic E-state index is 13.3. The van der Waals surface area contributed by atoms with E-state index in [4.69, 9.17) is 4.74 Å². The van der Waals surface area contributed by atoms with Crippen molar-refractivity contribution in [3.05, 3.63) is 35.4 Å². The van der Waals surface area contributed by atoms with E-state index in [-0.39, 0.29) is 5.91 Å². The van der Waals surface area contributed by atoms with Crippen molar-refractivity contribution in [3.8, 4) is 0 Å². The molecule has 0 aliphatic carbocycles. The summed E-state index contributed by atoms with van der Waals surface area (Å²) in [6.45, 7) is 3.42. The molecule has 0 aromatic heterocycles. The molecule has 2 N–H and O–H groups in total. The van der Waals surface area contributed by atoms with Gasteiger partial charge in [0.2, 0.25) is 5.91 Å². The van der Waals surface area contributed by atoms with Gasteiger partial charge in [0.05, 0.1) is 5.41 Å². The number of hydrogen-bond donors (Lipinski definition) is 2. The highest BCUT2D eigenvalue weighted by molar-refractivity contribution is 5.88. The van der Waals surface area contributed by atoms with Crippen LogP contribution in [0, 0.1) is 6.92 Å². The molecule has 2 bridgehead atoms. The van der Waals surface area contributed by atoms with Gasteiger partial charge in [0.1, 0.15) is 0 Å². The first-order chi connectivity index (χ1) is 11.7. The molecule has 1 amide bonds.